The van der Waals surface area contributed by atoms with E-state index >= 15 is 0 Å². The van der Waals surface area contributed by atoms with Crippen molar-refractivity contribution in [3.63, 3.8) is 0 Å². The van der Waals surface area contributed by atoms with E-state index in [1.807, 2.05) is 14.1 Å². The minimum Gasteiger partial charge on any atom is -0.344 e. The lowest BCUT2D eigenvalue weighted by Crippen LogP contribution is -2.46. The Morgan fingerprint density at radius 1 is 1.41 bits per heavy atom. The molecular formula is C16H24N4O2. The van der Waals surface area contributed by atoms with E-state index < -0.39 is 0 Å². The summed E-state index contributed by atoms with van der Waals surface area (Å²) in [5.74, 6) is 0.0154. The van der Waals surface area contributed by atoms with E-state index in [0.717, 1.165) is 19.4 Å². The summed E-state index contributed by atoms with van der Waals surface area (Å²) in [4.78, 5) is 32.4. The molecule has 2 heterocycles. The molecule has 1 atom stereocenters. The number of pyridine rings is 1. The second kappa shape index (κ2) is 7.89. The number of likely N-dealkylation sites (N-methyl/N-ethyl adjacent to an activating group) is 2. The molecule has 0 saturated carbocycles. The molecule has 2 rings (SSSR count). The molecule has 1 N–H and O–H groups in total. The molecule has 0 aromatic carbocycles. The second-order valence-electron chi connectivity index (χ2n) is 5.69. The SMILES string of the molecule is CNCCN(C)C(=O)C1CCCN(C(=O)c2ccncc2)C1. The number of piperidine rings is 1. The molecule has 2 amide bonds. The number of nitrogens with one attached hydrogen (secondary N) is 1. The van der Waals surface area contributed by atoms with Gasteiger partial charge in [-0.15, -0.1) is 0 Å². The molecule has 6 heteroatoms. The molecule has 1 fully saturated rings. The molecule has 1 aromatic heterocycles. The van der Waals surface area contributed by atoms with Crippen LogP contribution in [0.1, 0.15) is 23.2 Å². The highest BCUT2D eigenvalue weighted by molar-refractivity contribution is 5.94. The van der Waals surface area contributed by atoms with Crippen molar-refractivity contribution in [3.8, 4) is 0 Å². The Hall–Kier alpha value is -1.95. The Morgan fingerprint density at radius 3 is 2.82 bits per heavy atom. The number of hydrogen-bond donors (Lipinski definition) is 1. The fourth-order valence-corrected chi connectivity index (χ4v) is 2.74. The monoisotopic (exact) mass is 304 g/mol. The summed E-state index contributed by atoms with van der Waals surface area (Å²) in [6.45, 7) is 2.67. The molecule has 1 saturated heterocycles. The van der Waals surface area contributed by atoms with Gasteiger partial charge in [-0.1, -0.05) is 0 Å². The van der Waals surface area contributed by atoms with E-state index in [2.05, 4.69) is 10.3 Å². The summed E-state index contributed by atoms with van der Waals surface area (Å²) >= 11 is 0. The summed E-state index contributed by atoms with van der Waals surface area (Å²) < 4.78 is 0. The first-order valence-electron chi connectivity index (χ1n) is 7.72. The van der Waals surface area contributed by atoms with Crippen LogP contribution >= 0.6 is 0 Å². The summed E-state index contributed by atoms with van der Waals surface area (Å²) in [6, 6.07) is 3.43. The van der Waals surface area contributed by atoms with E-state index in [1.54, 1.807) is 34.3 Å². The quantitative estimate of drug-likeness (QED) is 0.866. The predicted octanol–water partition coefficient (Wildman–Crippen LogP) is 0.612. The molecule has 1 aliphatic rings. The number of nitrogens with zero attached hydrogens (tertiary/aromatic N) is 3. The van der Waals surface area contributed by atoms with E-state index in [0.29, 0.717) is 25.2 Å². The van der Waals surface area contributed by atoms with Gasteiger partial charge in [-0.05, 0) is 32.0 Å². The number of likely N-dealkylation sites (tertiary alicyclic amines) is 1. The Kier molecular flexibility index (Phi) is 5.89. The molecule has 1 aromatic rings. The van der Waals surface area contributed by atoms with Crippen LogP contribution in [-0.4, -0.2) is 66.9 Å². The fraction of sp³-hybridized carbons (Fsp3) is 0.562. The molecule has 0 bridgehead atoms. The van der Waals surface area contributed by atoms with Crippen molar-refractivity contribution >= 4 is 11.8 Å². The lowest BCUT2D eigenvalue weighted by Gasteiger charge is -2.34. The van der Waals surface area contributed by atoms with Gasteiger partial charge in [0.15, 0.2) is 0 Å². The molecule has 6 nitrogen and oxygen atoms in total. The third kappa shape index (κ3) is 4.04. The molecular weight excluding hydrogens is 280 g/mol. The van der Waals surface area contributed by atoms with Crippen LogP contribution in [0.4, 0.5) is 0 Å². The molecule has 1 aliphatic heterocycles. The maximum absolute atomic E-state index is 12.5. The van der Waals surface area contributed by atoms with Crippen molar-refractivity contribution in [2.24, 2.45) is 5.92 Å². The zero-order valence-corrected chi connectivity index (χ0v) is 13.3. The van der Waals surface area contributed by atoms with Crippen molar-refractivity contribution in [3.05, 3.63) is 30.1 Å². The molecule has 0 aliphatic carbocycles. The maximum Gasteiger partial charge on any atom is 0.253 e. The van der Waals surface area contributed by atoms with Crippen LogP contribution in [0.3, 0.4) is 0 Å². The first kappa shape index (κ1) is 16.4. The van der Waals surface area contributed by atoms with Gasteiger partial charge < -0.3 is 15.1 Å². The average Bonchev–Trinajstić information content (AvgIpc) is 2.59. The fourth-order valence-electron chi connectivity index (χ4n) is 2.74. The minimum absolute atomic E-state index is 0.0159. The number of rotatable bonds is 5. The van der Waals surface area contributed by atoms with Crippen LogP contribution in [0.2, 0.25) is 0 Å². The van der Waals surface area contributed by atoms with Gasteiger partial charge in [-0.25, -0.2) is 0 Å². The average molecular weight is 304 g/mol. The Morgan fingerprint density at radius 2 is 2.14 bits per heavy atom. The molecule has 120 valence electrons. The standard InChI is InChI=1S/C16H24N4O2/c1-17-9-11-19(2)15(21)14-4-3-10-20(12-14)16(22)13-5-7-18-8-6-13/h5-8,14,17H,3-4,9-12H2,1-2H3. The number of carbonyl (C=O) groups excluding carboxylic acids is 2. The van der Waals surface area contributed by atoms with Gasteiger partial charge in [0.25, 0.3) is 5.91 Å². The van der Waals surface area contributed by atoms with Gasteiger partial charge >= 0.3 is 0 Å². The van der Waals surface area contributed by atoms with Crippen LogP contribution in [0, 0.1) is 5.92 Å². The predicted molar refractivity (Wildman–Crippen MR) is 84.4 cm³/mol. The second-order valence-corrected chi connectivity index (χ2v) is 5.69. The highest BCUT2D eigenvalue weighted by Gasteiger charge is 2.30. The maximum atomic E-state index is 12.5. The highest BCUT2D eigenvalue weighted by Crippen LogP contribution is 2.20. The highest BCUT2D eigenvalue weighted by atomic mass is 16.2. The lowest BCUT2D eigenvalue weighted by atomic mass is 9.96. The number of hydrogen-bond acceptors (Lipinski definition) is 4. The van der Waals surface area contributed by atoms with Crippen molar-refractivity contribution in [2.75, 3.05) is 40.3 Å². The van der Waals surface area contributed by atoms with Gasteiger partial charge in [0.1, 0.15) is 0 Å². The summed E-state index contributed by atoms with van der Waals surface area (Å²) in [6.07, 6.45) is 4.95. The van der Waals surface area contributed by atoms with Crippen LogP contribution in [0.15, 0.2) is 24.5 Å². The minimum atomic E-state index is -0.0959. The van der Waals surface area contributed by atoms with Crippen molar-refractivity contribution in [1.29, 1.82) is 0 Å². The third-order valence-electron chi connectivity index (χ3n) is 4.06. The zero-order chi connectivity index (χ0) is 15.9. The topological polar surface area (TPSA) is 65.5 Å². The van der Waals surface area contributed by atoms with Crippen LogP contribution in [0.5, 0.6) is 0 Å². The zero-order valence-electron chi connectivity index (χ0n) is 13.3. The third-order valence-corrected chi connectivity index (χ3v) is 4.06. The van der Waals surface area contributed by atoms with Gasteiger partial charge in [-0.2, -0.15) is 0 Å². The van der Waals surface area contributed by atoms with Crippen LogP contribution in [-0.2, 0) is 4.79 Å². The van der Waals surface area contributed by atoms with Gasteiger partial charge in [0.05, 0.1) is 5.92 Å². The van der Waals surface area contributed by atoms with Crippen LogP contribution < -0.4 is 5.32 Å². The van der Waals surface area contributed by atoms with Gasteiger partial charge in [-0.3, -0.25) is 14.6 Å². The smallest absolute Gasteiger partial charge is 0.253 e. The summed E-state index contributed by atoms with van der Waals surface area (Å²) in [5, 5.41) is 3.04. The summed E-state index contributed by atoms with van der Waals surface area (Å²) in [7, 11) is 3.69. The first-order chi connectivity index (χ1) is 10.6. The molecule has 0 spiro atoms. The van der Waals surface area contributed by atoms with E-state index in [9.17, 15) is 9.59 Å². The Labute approximate surface area is 131 Å². The van der Waals surface area contributed by atoms with E-state index in [1.165, 1.54) is 0 Å². The first-order valence-corrected chi connectivity index (χ1v) is 7.72. The molecule has 0 radical (unpaired) electrons. The van der Waals surface area contributed by atoms with E-state index in [-0.39, 0.29) is 17.7 Å². The van der Waals surface area contributed by atoms with Crippen molar-refractivity contribution < 1.29 is 9.59 Å². The molecule has 22 heavy (non-hydrogen) atoms. The summed E-state index contributed by atoms with van der Waals surface area (Å²) in [5.41, 5.74) is 0.631. The van der Waals surface area contributed by atoms with E-state index in [4.69, 9.17) is 0 Å². The lowest BCUT2D eigenvalue weighted by molar-refractivity contribution is -0.135. The van der Waals surface area contributed by atoms with Crippen molar-refractivity contribution in [1.82, 2.24) is 20.1 Å². The number of amides is 2. The number of aromatic nitrogens is 1. The molecule has 1 unspecified atom stereocenters. The normalized spacial score (nSPS) is 18.1. The number of carbonyl (C=O) groups is 2. The Balaban J connectivity index is 1.97. The van der Waals surface area contributed by atoms with Gasteiger partial charge in [0.2, 0.25) is 5.91 Å². The Bertz CT molecular complexity index is 506. The van der Waals surface area contributed by atoms with Gasteiger partial charge in [0, 0.05) is 51.2 Å². The van der Waals surface area contributed by atoms with Crippen LogP contribution in [0.25, 0.3) is 0 Å². The van der Waals surface area contributed by atoms with Crippen molar-refractivity contribution in [2.45, 2.75) is 12.8 Å². The largest absolute Gasteiger partial charge is 0.344 e.